The molecule has 198 valence electrons. The van der Waals surface area contributed by atoms with Gasteiger partial charge in [-0.2, -0.15) is 0 Å². The Balaban J connectivity index is 0. The number of rotatable bonds is 10. The molecule has 0 unspecified atom stereocenters. The van der Waals surface area contributed by atoms with Gasteiger partial charge in [0.25, 0.3) is 0 Å². The summed E-state index contributed by atoms with van der Waals surface area (Å²) in [6.07, 6.45) is 5.99. The fraction of sp³-hybridized carbons (Fsp3) is 0.692. The molecule has 0 radical (unpaired) electrons. The summed E-state index contributed by atoms with van der Waals surface area (Å²) in [5, 5.41) is 54.2. The van der Waals surface area contributed by atoms with Crippen molar-refractivity contribution in [3.8, 4) is 0 Å². The highest BCUT2D eigenvalue weighted by Crippen LogP contribution is 2.34. The third-order valence-electron chi connectivity index (χ3n) is 6.25. The maximum absolute atomic E-state index is 10.3. The minimum absolute atomic E-state index is 0.0833. The van der Waals surface area contributed by atoms with Crippen LogP contribution in [0.15, 0.2) is 24.3 Å². The highest BCUT2D eigenvalue weighted by molar-refractivity contribution is 5.91. The van der Waals surface area contributed by atoms with Gasteiger partial charge in [0.2, 0.25) is 0 Å². The van der Waals surface area contributed by atoms with E-state index in [9.17, 15) is 30.0 Å². The Bertz CT molecular complexity index is 660. The lowest BCUT2D eigenvalue weighted by atomic mass is 9.80. The maximum atomic E-state index is 10.3. The molecule has 0 bridgehead atoms. The molecular formula is C26H46O8. The van der Waals surface area contributed by atoms with E-state index in [0.29, 0.717) is 0 Å². The van der Waals surface area contributed by atoms with Gasteiger partial charge in [0.15, 0.2) is 11.6 Å². The molecule has 0 heterocycles. The van der Waals surface area contributed by atoms with Crippen molar-refractivity contribution in [3.05, 3.63) is 35.4 Å². The lowest BCUT2D eigenvalue weighted by Crippen LogP contribution is -2.41. The van der Waals surface area contributed by atoms with Gasteiger partial charge < -0.3 is 30.6 Å². The minimum atomic E-state index is -1.55. The molecule has 0 saturated heterocycles. The van der Waals surface area contributed by atoms with Crippen LogP contribution in [0.2, 0.25) is 0 Å². The summed E-state index contributed by atoms with van der Waals surface area (Å²) >= 11 is 0. The maximum Gasteiger partial charge on any atom is 0.335 e. The van der Waals surface area contributed by atoms with Crippen LogP contribution in [0.25, 0.3) is 0 Å². The van der Waals surface area contributed by atoms with E-state index in [0.717, 1.165) is 38.5 Å². The number of benzene rings is 1. The van der Waals surface area contributed by atoms with Gasteiger partial charge in [-0.05, 0) is 51.0 Å². The lowest BCUT2D eigenvalue weighted by molar-refractivity contribution is -0.221. The number of hydrogen-bond donors (Lipinski definition) is 6. The highest BCUT2D eigenvalue weighted by atomic mass is 16.5. The van der Waals surface area contributed by atoms with Crippen molar-refractivity contribution in [2.75, 3.05) is 0 Å². The first-order chi connectivity index (χ1) is 15.2. The third-order valence-corrected chi connectivity index (χ3v) is 6.25. The monoisotopic (exact) mass is 486 g/mol. The SMILES string of the molecule is CCCCC(C)(C)C(C)(O)O.CCCCC(C)(C)C(C)(O)O.O=C(O)c1ccc(C(=O)O)cc1. The van der Waals surface area contributed by atoms with Crippen LogP contribution in [0.1, 0.15) is 115 Å². The van der Waals surface area contributed by atoms with Crippen LogP contribution in [0.3, 0.4) is 0 Å². The average Bonchev–Trinajstić information content (AvgIpc) is 2.70. The van der Waals surface area contributed by atoms with Gasteiger partial charge in [-0.3, -0.25) is 0 Å². The topological polar surface area (TPSA) is 156 Å². The zero-order chi connectivity index (χ0) is 27.4. The second kappa shape index (κ2) is 14.4. The Morgan fingerprint density at radius 1 is 0.618 bits per heavy atom. The van der Waals surface area contributed by atoms with E-state index in [1.165, 1.54) is 38.1 Å². The van der Waals surface area contributed by atoms with E-state index in [-0.39, 0.29) is 11.1 Å². The summed E-state index contributed by atoms with van der Waals surface area (Å²) < 4.78 is 0. The zero-order valence-corrected chi connectivity index (χ0v) is 22.1. The molecule has 0 spiro atoms. The van der Waals surface area contributed by atoms with Gasteiger partial charge in [0, 0.05) is 10.8 Å². The number of unbranched alkanes of at least 4 members (excludes halogenated alkanes) is 2. The molecule has 0 amide bonds. The Morgan fingerprint density at radius 3 is 1.00 bits per heavy atom. The molecule has 8 nitrogen and oxygen atoms in total. The molecule has 1 aromatic rings. The van der Waals surface area contributed by atoms with Gasteiger partial charge in [0.05, 0.1) is 11.1 Å². The van der Waals surface area contributed by atoms with E-state index >= 15 is 0 Å². The van der Waals surface area contributed by atoms with Crippen LogP contribution in [0, 0.1) is 10.8 Å². The van der Waals surface area contributed by atoms with Gasteiger partial charge in [-0.15, -0.1) is 0 Å². The largest absolute Gasteiger partial charge is 0.478 e. The molecule has 0 aliphatic heterocycles. The number of aliphatic hydroxyl groups is 4. The first-order valence-corrected chi connectivity index (χ1v) is 11.7. The number of carboxylic acid groups (broad SMARTS) is 2. The Kier molecular flexibility index (Phi) is 14.5. The molecule has 34 heavy (non-hydrogen) atoms. The predicted molar refractivity (Wildman–Crippen MR) is 133 cm³/mol. The molecular weight excluding hydrogens is 440 g/mol. The van der Waals surface area contributed by atoms with E-state index in [4.69, 9.17) is 10.2 Å². The standard InChI is InChI=1S/2C9H20O2.C8H6O4/c2*1-5-6-7-8(2,3)9(4,10)11;9-7(10)5-1-2-6(4-3-5)8(11)12/h2*10-11H,5-7H2,1-4H3;1-4H,(H,9,10)(H,11,12). The normalized spacial score (nSPS) is 12.1. The summed E-state index contributed by atoms with van der Waals surface area (Å²) in [7, 11) is 0. The number of carbonyl (C=O) groups is 2. The molecule has 1 aromatic carbocycles. The number of aromatic carboxylic acids is 2. The second-order valence-corrected chi connectivity index (χ2v) is 10.2. The van der Waals surface area contributed by atoms with Crippen molar-refractivity contribution in [1.29, 1.82) is 0 Å². The average molecular weight is 487 g/mol. The molecule has 0 aliphatic rings. The first-order valence-electron chi connectivity index (χ1n) is 11.7. The Labute approximate surface area is 204 Å². The van der Waals surface area contributed by atoms with Crippen LogP contribution < -0.4 is 0 Å². The van der Waals surface area contributed by atoms with Crippen molar-refractivity contribution in [2.24, 2.45) is 10.8 Å². The van der Waals surface area contributed by atoms with Crippen molar-refractivity contribution >= 4 is 11.9 Å². The van der Waals surface area contributed by atoms with Crippen molar-refractivity contribution in [3.63, 3.8) is 0 Å². The summed E-state index contributed by atoms with van der Waals surface area (Å²) in [5.41, 5.74) is -0.633. The third kappa shape index (κ3) is 13.0. The van der Waals surface area contributed by atoms with E-state index < -0.39 is 34.3 Å². The fourth-order valence-corrected chi connectivity index (χ4v) is 2.47. The quantitative estimate of drug-likeness (QED) is 0.255. The van der Waals surface area contributed by atoms with E-state index in [1.807, 2.05) is 27.7 Å². The number of hydrogen-bond acceptors (Lipinski definition) is 6. The van der Waals surface area contributed by atoms with Gasteiger partial charge in [-0.1, -0.05) is 67.2 Å². The molecule has 0 fully saturated rings. The molecule has 1 rings (SSSR count). The Hall–Kier alpha value is -2.00. The van der Waals surface area contributed by atoms with Gasteiger partial charge in [-0.25, -0.2) is 9.59 Å². The van der Waals surface area contributed by atoms with Crippen LogP contribution in [-0.2, 0) is 0 Å². The van der Waals surface area contributed by atoms with Crippen molar-refractivity contribution < 1.29 is 40.2 Å². The van der Waals surface area contributed by atoms with Gasteiger partial charge >= 0.3 is 11.9 Å². The molecule has 0 atom stereocenters. The smallest absolute Gasteiger partial charge is 0.335 e. The van der Waals surface area contributed by atoms with E-state index in [1.54, 1.807) is 0 Å². The predicted octanol–water partition coefficient (Wildman–Crippen LogP) is 4.89. The van der Waals surface area contributed by atoms with Crippen LogP contribution in [-0.4, -0.2) is 54.2 Å². The van der Waals surface area contributed by atoms with Crippen molar-refractivity contribution in [2.45, 2.75) is 105 Å². The van der Waals surface area contributed by atoms with Crippen LogP contribution >= 0.6 is 0 Å². The minimum Gasteiger partial charge on any atom is -0.478 e. The lowest BCUT2D eigenvalue weighted by Gasteiger charge is -2.35. The molecule has 6 N–H and O–H groups in total. The van der Waals surface area contributed by atoms with E-state index in [2.05, 4.69) is 13.8 Å². The second-order valence-electron chi connectivity index (χ2n) is 10.2. The fourth-order valence-electron chi connectivity index (χ4n) is 2.47. The number of carboxylic acids is 2. The Morgan fingerprint density at radius 2 is 0.853 bits per heavy atom. The highest BCUT2D eigenvalue weighted by Gasteiger charge is 2.37. The van der Waals surface area contributed by atoms with Crippen LogP contribution in [0.4, 0.5) is 0 Å². The molecule has 8 heteroatoms. The van der Waals surface area contributed by atoms with Gasteiger partial charge in [0.1, 0.15) is 0 Å². The first kappa shape index (κ1) is 34.2. The zero-order valence-electron chi connectivity index (χ0n) is 22.1. The summed E-state index contributed by atoms with van der Waals surface area (Å²) in [6.45, 7) is 14.6. The van der Waals surface area contributed by atoms with Crippen LogP contribution in [0.5, 0.6) is 0 Å². The summed E-state index contributed by atoms with van der Waals surface area (Å²) in [5.74, 6) is -5.23. The molecule has 0 saturated carbocycles. The summed E-state index contributed by atoms with van der Waals surface area (Å²) in [6, 6.07) is 5.02. The van der Waals surface area contributed by atoms with Crippen molar-refractivity contribution in [1.82, 2.24) is 0 Å². The summed E-state index contributed by atoms with van der Waals surface area (Å²) in [4.78, 5) is 20.7. The molecule has 0 aliphatic carbocycles. The molecule has 0 aromatic heterocycles.